The van der Waals surface area contributed by atoms with Crippen LogP contribution in [0.1, 0.15) is 81.0 Å². The zero-order valence-electron chi connectivity index (χ0n) is 36.0. The number of nitrogens with one attached hydrogen (secondary N) is 2. The summed E-state index contributed by atoms with van der Waals surface area (Å²) in [6, 6.07) is 20.6. The molecule has 0 spiro atoms. The Bertz CT molecular complexity index is 2530. The molecule has 9 rings (SSSR count). The maximum atomic E-state index is 13.9. The molecule has 3 aliphatic heterocycles. The van der Waals surface area contributed by atoms with Gasteiger partial charge in [-0.05, 0) is 111 Å². The number of carbonyl (C=O) groups is 2. The first-order valence-corrected chi connectivity index (χ1v) is 22.6. The van der Waals surface area contributed by atoms with Crippen molar-refractivity contribution >= 4 is 45.9 Å². The highest BCUT2D eigenvalue weighted by Gasteiger charge is 2.37. The molecule has 1 unspecified atom stereocenters. The Morgan fingerprint density at radius 1 is 0.921 bits per heavy atom. The van der Waals surface area contributed by atoms with Gasteiger partial charge in [0.1, 0.15) is 17.7 Å². The van der Waals surface area contributed by atoms with Crippen molar-refractivity contribution in [3.05, 3.63) is 107 Å². The lowest BCUT2D eigenvalue weighted by Crippen LogP contribution is -2.48. The summed E-state index contributed by atoms with van der Waals surface area (Å²) in [6.45, 7) is 10.7. The number of imide groups is 1. The maximum Gasteiger partial charge on any atom is 0.278 e. The van der Waals surface area contributed by atoms with E-state index in [2.05, 4.69) is 61.2 Å². The molecular weight excluding hydrogens is 800 g/mol. The van der Waals surface area contributed by atoms with Gasteiger partial charge >= 0.3 is 0 Å². The van der Waals surface area contributed by atoms with Crippen LogP contribution in [0.3, 0.4) is 0 Å². The third-order valence-electron chi connectivity index (χ3n) is 13.8. The van der Waals surface area contributed by atoms with E-state index in [-0.39, 0.29) is 36.5 Å². The van der Waals surface area contributed by atoms with Crippen LogP contribution in [-0.2, 0) is 28.2 Å². The molecule has 0 radical (unpaired) electrons. The predicted octanol–water partition coefficient (Wildman–Crippen LogP) is 6.13. The number of alkyl halides is 1. The van der Waals surface area contributed by atoms with Gasteiger partial charge in [-0.3, -0.25) is 24.6 Å². The maximum absolute atomic E-state index is 13.9. The second-order valence-corrected chi connectivity index (χ2v) is 17.6. The van der Waals surface area contributed by atoms with E-state index in [1.807, 2.05) is 43.3 Å². The molecule has 6 heterocycles. The number of benzene rings is 2. The van der Waals surface area contributed by atoms with Crippen molar-refractivity contribution in [1.82, 2.24) is 34.5 Å². The lowest BCUT2D eigenvalue weighted by molar-refractivity contribution is -0.134. The molecule has 3 saturated heterocycles. The van der Waals surface area contributed by atoms with Crippen molar-refractivity contribution in [3.8, 4) is 5.82 Å². The normalized spacial score (nSPS) is 21.0. The van der Waals surface area contributed by atoms with Gasteiger partial charge in [0.25, 0.3) is 5.56 Å². The number of pyridine rings is 1. The average Bonchev–Trinajstić information content (AvgIpc) is 3.79. The molecule has 1 aliphatic carbocycles. The summed E-state index contributed by atoms with van der Waals surface area (Å²) in [7, 11) is 0. The lowest BCUT2D eigenvalue weighted by atomic mass is 9.90. The quantitative estimate of drug-likeness (QED) is 0.0874. The molecule has 330 valence electrons. The number of piperidine rings is 3. The number of aromatic nitrogens is 5. The number of halogens is 1. The largest absolute Gasteiger partial charge is 0.384 e. The number of hydrogen-bond donors (Lipinski definition) is 3. The topological polar surface area (TPSA) is 154 Å². The third kappa shape index (κ3) is 8.60. The molecule has 2 aromatic carbocycles. The fourth-order valence-electron chi connectivity index (χ4n) is 10.2. The summed E-state index contributed by atoms with van der Waals surface area (Å²) in [6.07, 6.45) is 10.1. The van der Waals surface area contributed by atoms with Gasteiger partial charge in [0.2, 0.25) is 17.8 Å². The summed E-state index contributed by atoms with van der Waals surface area (Å²) in [4.78, 5) is 58.9. The lowest BCUT2D eigenvalue weighted by Gasteiger charge is -2.42. The molecule has 15 heteroatoms. The number of hydrogen-bond acceptors (Lipinski definition) is 11. The first-order chi connectivity index (χ1) is 30.6. The van der Waals surface area contributed by atoms with Crippen LogP contribution in [0, 0.1) is 5.92 Å². The number of rotatable bonds is 14. The molecule has 4 aliphatic rings. The molecule has 3 fully saturated rings. The van der Waals surface area contributed by atoms with Gasteiger partial charge < -0.3 is 20.2 Å². The second kappa shape index (κ2) is 18.0. The monoisotopic (exact) mass is 856 g/mol. The Labute approximate surface area is 366 Å². The molecule has 2 amide bonds. The minimum Gasteiger partial charge on any atom is -0.384 e. The van der Waals surface area contributed by atoms with Crippen molar-refractivity contribution in [2.24, 2.45) is 5.92 Å². The van der Waals surface area contributed by atoms with E-state index >= 15 is 0 Å². The van der Waals surface area contributed by atoms with Gasteiger partial charge in [0.15, 0.2) is 11.5 Å². The number of anilines is 4. The van der Waals surface area contributed by atoms with Crippen molar-refractivity contribution in [2.75, 3.05) is 61.1 Å². The fourth-order valence-corrected chi connectivity index (χ4v) is 10.2. The molecule has 0 bridgehead atoms. The van der Waals surface area contributed by atoms with E-state index in [0.29, 0.717) is 72.7 Å². The number of amides is 2. The van der Waals surface area contributed by atoms with Crippen LogP contribution in [0.4, 0.5) is 27.4 Å². The minimum absolute atomic E-state index is 0.201. The number of aliphatic hydroxyl groups is 1. The molecule has 5 aromatic rings. The van der Waals surface area contributed by atoms with Crippen LogP contribution in [-0.4, -0.2) is 98.1 Å². The van der Waals surface area contributed by atoms with Crippen LogP contribution < -0.4 is 26.0 Å². The summed E-state index contributed by atoms with van der Waals surface area (Å²) < 4.78 is 17.2. The summed E-state index contributed by atoms with van der Waals surface area (Å²) in [5, 5.41) is 17.4. The first-order valence-electron chi connectivity index (χ1n) is 22.6. The Kier molecular flexibility index (Phi) is 12.1. The standard InChI is InChI=1S/C48H57FN10O4/c1-3-24-58-46(62)40-30-50-47(54-44(40)59(58)41-15-7-34-17-22-48(63,4-2)43(34)52-41)51-35-8-12-37(13-9-35)55-25-18-32(19-26-55)31-57(29-23-49)38-20-27-56(28-21-38)36-10-5-33(6-11-36)39-14-16-42(60)53-45(39)61/h3,5-13,15,30,32,38-39,63H,1,4,14,16-29,31H2,2H3,(H,50,51,54)(H,53,60,61)/t39?,48-/m1/s1. The Morgan fingerprint density at radius 3 is 2.29 bits per heavy atom. The van der Waals surface area contributed by atoms with Crippen LogP contribution in [0.15, 0.2) is 84.3 Å². The first kappa shape index (κ1) is 42.4. The van der Waals surface area contributed by atoms with E-state index in [9.17, 15) is 23.9 Å². The summed E-state index contributed by atoms with van der Waals surface area (Å²) in [5.74, 6) is 0.646. The number of allylic oxidation sites excluding steroid dienone is 1. The highest BCUT2D eigenvalue weighted by molar-refractivity contribution is 6.01. The summed E-state index contributed by atoms with van der Waals surface area (Å²) in [5.41, 5.74) is 4.85. The van der Waals surface area contributed by atoms with Crippen molar-refractivity contribution in [1.29, 1.82) is 0 Å². The highest BCUT2D eigenvalue weighted by atomic mass is 19.1. The Balaban J connectivity index is 0.799. The predicted molar refractivity (Wildman–Crippen MR) is 243 cm³/mol. The fraction of sp³-hybridized carbons (Fsp3) is 0.458. The summed E-state index contributed by atoms with van der Waals surface area (Å²) >= 11 is 0. The van der Waals surface area contributed by atoms with Crippen molar-refractivity contribution in [2.45, 2.75) is 88.8 Å². The number of nitrogens with zero attached hydrogens (tertiary/aromatic N) is 8. The molecule has 0 saturated carbocycles. The van der Waals surface area contributed by atoms with Crippen LogP contribution in [0.2, 0.25) is 0 Å². The third-order valence-corrected chi connectivity index (χ3v) is 13.8. The van der Waals surface area contributed by atoms with Gasteiger partial charge in [-0.25, -0.2) is 23.7 Å². The Morgan fingerprint density at radius 2 is 1.62 bits per heavy atom. The van der Waals surface area contributed by atoms with E-state index in [1.54, 1.807) is 21.6 Å². The molecule has 3 N–H and O–H groups in total. The second-order valence-electron chi connectivity index (χ2n) is 17.6. The molecule has 3 aromatic heterocycles. The van der Waals surface area contributed by atoms with Gasteiger partial charge in [-0.2, -0.15) is 4.98 Å². The number of aryl methyl sites for hydroxylation is 1. The Hall–Kier alpha value is -5.93. The minimum atomic E-state index is -1.00. The molecule has 14 nitrogen and oxygen atoms in total. The SMILES string of the molecule is C=CCn1c(=O)c2cnc(Nc3ccc(N4CCC(CN(CCF)C5CCN(c6ccc(C7CCC(=O)NC7=O)cc6)CC5)CC4)cc3)nc2n1-c1ccc2c(n1)[C@@](O)(CC)CC2. The molecule has 63 heavy (non-hydrogen) atoms. The number of fused-ring (bicyclic) bond motifs is 2. The molecule has 2 atom stereocenters. The van der Waals surface area contributed by atoms with Gasteiger partial charge in [-0.1, -0.05) is 31.2 Å². The van der Waals surface area contributed by atoms with E-state index in [1.165, 1.54) is 0 Å². The molecular formula is C48H57FN10O4. The van der Waals surface area contributed by atoms with Gasteiger partial charge in [-0.15, -0.1) is 6.58 Å². The van der Waals surface area contributed by atoms with Gasteiger partial charge in [0.05, 0.1) is 18.2 Å². The highest BCUT2D eigenvalue weighted by Crippen LogP contribution is 2.39. The van der Waals surface area contributed by atoms with E-state index < -0.39 is 5.60 Å². The van der Waals surface area contributed by atoms with Gasteiger partial charge in [0, 0.05) is 75.0 Å². The van der Waals surface area contributed by atoms with Crippen molar-refractivity contribution < 1.29 is 19.1 Å². The van der Waals surface area contributed by atoms with Crippen molar-refractivity contribution in [3.63, 3.8) is 0 Å². The van der Waals surface area contributed by atoms with Crippen LogP contribution in [0.25, 0.3) is 16.9 Å². The zero-order chi connectivity index (χ0) is 43.7. The average molecular weight is 857 g/mol. The van der Waals surface area contributed by atoms with Crippen LogP contribution >= 0.6 is 0 Å². The van der Waals surface area contributed by atoms with E-state index in [0.717, 1.165) is 93.0 Å². The number of carbonyl (C=O) groups excluding carboxylic acids is 2. The zero-order valence-corrected chi connectivity index (χ0v) is 36.0. The smallest absolute Gasteiger partial charge is 0.278 e. The van der Waals surface area contributed by atoms with E-state index in [4.69, 9.17) is 9.97 Å². The van der Waals surface area contributed by atoms with Crippen LogP contribution in [0.5, 0.6) is 0 Å².